The molecule has 2 heterocycles. The Hall–Kier alpha value is -2.43. The van der Waals surface area contributed by atoms with Crippen LogP contribution in [0.25, 0.3) is 0 Å². The lowest BCUT2D eigenvalue weighted by Gasteiger charge is -2.33. The third kappa shape index (κ3) is 3.11. The van der Waals surface area contributed by atoms with Crippen LogP contribution in [0.5, 0.6) is 11.5 Å². The van der Waals surface area contributed by atoms with Gasteiger partial charge in [-0.25, -0.2) is 0 Å². The zero-order valence-corrected chi connectivity index (χ0v) is 14.8. The molecule has 0 bridgehead atoms. The van der Waals surface area contributed by atoms with E-state index >= 15 is 0 Å². The highest BCUT2D eigenvalue weighted by molar-refractivity contribution is 5.82. The van der Waals surface area contributed by atoms with Gasteiger partial charge in [-0.2, -0.15) is 0 Å². The Morgan fingerprint density at radius 1 is 1.12 bits per heavy atom. The molecular weight excluding hydrogens is 318 g/mol. The lowest BCUT2D eigenvalue weighted by atomic mass is 10.1. The van der Waals surface area contributed by atoms with Crippen LogP contribution in [0.1, 0.15) is 37.7 Å². The number of hydrogen-bond acceptors (Lipinski definition) is 4. The van der Waals surface area contributed by atoms with Crippen LogP contribution in [0, 0.1) is 5.92 Å². The van der Waals surface area contributed by atoms with Crippen LogP contribution in [-0.2, 0) is 11.3 Å². The fourth-order valence-electron chi connectivity index (χ4n) is 3.32. The van der Waals surface area contributed by atoms with Gasteiger partial charge in [0.2, 0.25) is 6.10 Å². The Morgan fingerprint density at radius 3 is 2.48 bits per heavy atom. The van der Waals surface area contributed by atoms with E-state index < -0.39 is 6.10 Å². The van der Waals surface area contributed by atoms with Crippen molar-refractivity contribution in [3.8, 4) is 11.5 Å². The fourth-order valence-corrected chi connectivity index (χ4v) is 3.32. The number of amides is 1. The van der Waals surface area contributed by atoms with Crippen LogP contribution >= 0.6 is 0 Å². The van der Waals surface area contributed by atoms with Crippen molar-refractivity contribution in [2.45, 2.75) is 44.9 Å². The van der Waals surface area contributed by atoms with Crippen molar-refractivity contribution < 1.29 is 18.7 Å². The number of furan rings is 1. The van der Waals surface area contributed by atoms with E-state index in [1.165, 1.54) is 6.42 Å². The number of likely N-dealkylation sites (N-methyl/N-ethyl adjacent to an activating group) is 1. The van der Waals surface area contributed by atoms with Crippen molar-refractivity contribution in [1.82, 2.24) is 4.90 Å². The maximum absolute atomic E-state index is 12.8. The molecular formula is C20H23NO4. The Morgan fingerprint density at radius 2 is 1.80 bits per heavy atom. The van der Waals surface area contributed by atoms with Crippen LogP contribution in [-0.4, -0.2) is 30.1 Å². The number of rotatable bonds is 4. The molecule has 5 heteroatoms. The lowest BCUT2D eigenvalue weighted by Crippen LogP contribution is -2.49. The number of ether oxygens (including phenoxy) is 2. The van der Waals surface area contributed by atoms with Crippen LogP contribution < -0.4 is 9.47 Å². The van der Waals surface area contributed by atoms with Gasteiger partial charge in [0.05, 0.1) is 6.54 Å². The van der Waals surface area contributed by atoms with Crippen molar-refractivity contribution in [2.24, 2.45) is 5.92 Å². The number of hydrogen-bond donors (Lipinski definition) is 0. The van der Waals surface area contributed by atoms with Gasteiger partial charge in [-0.1, -0.05) is 19.1 Å². The second-order valence-corrected chi connectivity index (χ2v) is 7.13. The molecule has 132 valence electrons. The minimum Gasteiger partial charge on any atom is -0.482 e. The molecule has 1 amide bonds. The molecule has 0 saturated heterocycles. The van der Waals surface area contributed by atoms with Gasteiger partial charge in [-0.15, -0.1) is 0 Å². The summed E-state index contributed by atoms with van der Waals surface area (Å²) in [6, 6.07) is 11.4. The highest BCUT2D eigenvalue weighted by Gasteiger charge is 2.38. The van der Waals surface area contributed by atoms with E-state index in [4.69, 9.17) is 13.9 Å². The van der Waals surface area contributed by atoms with E-state index in [2.05, 4.69) is 6.92 Å². The third-order valence-electron chi connectivity index (χ3n) is 5.01. The minimum atomic E-state index is -0.655. The Bertz CT molecular complexity index is 784. The molecule has 0 spiro atoms. The van der Waals surface area contributed by atoms with Crippen LogP contribution in [0.15, 0.2) is 40.8 Å². The highest BCUT2D eigenvalue weighted by Crippen LogP contribution is 2.47. The fraction of sp³-hybridized carbons (Fsp3) is 0.450. The molecule has 4 rings (SSSR count). The number of benzene rings is 1. The van der Waals surface area contributed by atoms with Crippen molar-refractivity contribution in [2.75, 3.05) is 7.05 Å². The summed E-state index contributed by atoms with van der Waals surface area (Å²) in [5.41, 5.74) is 0. The monoisotopic (exact) mass is 341 g/mol. The molecule has 0 unspecified atom stereocenters. The van der Waals surface area contributed by atoms with Gasteiger partial charge in [0.15, 0.2) is 11.5 Å². The summed E-state index contributed by atoms with van der Waals surface area (Å²) < 4.78 is 17.6. The van der Waals surface area contributed by atoms with Gasteiger partial charge >= 0.3 is 0 Å². The quantitative estimate of drug-likeness (QED) is 0.853. The standard InChI is InChI=1S/C20H23NO4/c1-12-10-15(12)16-9-8-14(24-16)11-21(3)20(22)19-13(2)23-17-6-4-5-7-18(17)25-19/h4-9,12-13,15,19H,10-11H2,1-3H3/t12-,13+,15+,19-/m1/s1. The number of nitrogens with zero attached hydrogens (tertiary/aromatic N) is 1. The smallest absolute Gasteiger partial charge is 0.267 e. The summed E-state index contributed by atoms with van der Waals surface area (Å²) in [5.74, 6) is 4.25. The molecule has 1 saturated carbocycles. The zero-order chi connectivity index (χ0) is 17.6. The van der Waals surface area contributed by atoms with E-state index in [9.17, 15) is 4.79 Å². The maximum Gasteiger partial charge on any atom is 0.267 e. The summed E-state index contributed by atoms with van der Waals surface area (Å²) in [5, 5.41) is 0. The van der Waals surface area contributed by atoms with Gasteiger partial charge in [0, 0.05) is 13.0 Å². The zero-order valence-electron chi connectivity index (χ0n) is 14.8. The molecule has 1 aliphatic carbocycles. The van der Waals surface area contributed by atoms with E-state index in [0.717, 1.165) is 11.5 Å². The Kier molecular flexibility index (Phi) is 3.94. The molecule has 1 aromatic carbocycles. The van der Waals surface area contributed by atoms with E-state index in [1.54, 1.807) is 11.9 Å². The number of carbonyl (C=O) groups is 1. The summed E-state index contributed by atoms with van der Waals surface area (Å²) in [6.07, 6.45) is 0.188. The largest absolute Gasteiger partial charge is 0.482 e. The second kappa shape index (κ2) is 6.14. The molecule has 2 aromatic rings. The molecule has 1 aromatic heterocycles. The van der Waals surface area contributed by atoms with Crippen LogP contribution in [0.2, 0.25) is 0 Å². The molecule has 4 atom stereocenters. The Labute approximate surface area is 147 Å². The molecule has 0 N–H and O–H groups in total. The van der Waals surface area contributed by atoms with Crippen LogP contribution in [0.3, 0.4) is 0 Å². The molecule has 5 nitrogen and oxygen atoms in total. The summed E-state index contributed by atoms with van der Waals surface area (Å²) in [7, 11) is 1.76. The first kappa shape index (κ1) is 16.1. The van der Waals surface area contributed by atoms with Crippen molar-refractivity contribution in [1.29, 1.82) is 0 Å². The first-order valence-corrected chi connectivity index (χ1v) is 8.79. The summed E-state index contributed by atoms with van der Waals surface area (Å²) in [4.78, 5) is 14.4. The van der Waals surface area contributed by atoms with Crippen molar-refractivity contribution >= 4 is 5.91 Å². The number of para-hydroxylation sites is 2. The second-order valence-electron chi connectivity index (χ2n) is 7.13. The van der Waals surface area contributed by atoms with Crippen molar-refractivity contribution in [3.05, 3.63) is 47.9 Å². The Balaban J connectivity index is 1.42. The predicted molar refractivity (Wildman–Crippen MR) is 92.7 cm³/mol. The van der Waals surface area contributed by atoms with Gasteiger partial charge < -0.3 is 18.8 Å². The molecule has 25 heavy (non-hydrogen) atoms. The van der Waals surface area contributed by atoms with E-state index in [1.807, 2.05) is 43.3 Å². The van der Waals surface area contributed by atoms with Crippen molar-refractivity contribution in [3.63, 3.8) is 0 Å². The van der Waals surface area contributed by atoms with E-state index in [0.29, 0.717) is 29.9 Å². The summed E-state index contributed by atoms with van der Waals surface area (Å²) in [6.45, 7) is 4.50. The molecule has 2 aliphatic rings. The molecule has 1 aliphatic heterocycles. The van der Waals surface area contributed by atoms with Gasteiger partial charge in [-0.05, 0) is 43.5 Å². The third-order valence-corrected chi connectivity index (χ3v) is 5.01. The molecule has 1 fully saturated rings. The minimum absolute atomic E-state index is 0.111. The first-order valence-electron chi connectivity index (χ1n) is 8.79. The van der Waals surface area contributed by atoms with Crippen LogP contribution in [0.4, 0.5) is 0 Å². The number of fused-ring (bicyclic) bond motifs is 1. The lowest BCUT2D eigenvalue weighted by molar-refractivity contribution is -0.143. The average molecular weight is 341 g/mol. The molecule has 0 radical (unpaired) electrons. The van der Waals surface area contributed by atoms with Gasteiger partial charge in [0.25, 0.3) is 5.91 Å². The van der Waals surface area contributed by atoms with E-state index in [-0.39, 0.29) is 12.0 Å². The SMILES string of the molecule is C[C@@H]1C[C@@H]1c1ccc(CN(C)C(=O)[C@@H]2Oc3ccccc3O[C@H]2C)o1. The topological polar surface area (TPSA) is 51.9 Å². The number of carbonyl (C=O) groups excluding carboxylic acids is 1. The van der Waals surface area contributed by atoms with Gasteiger partial charge in [0.1, 0.15) is 17.6 Å². The normalized spacial score (nSPS) is 27.0. The maximum atomic E-state index is 12.8. The first-order chi connectivity index (χ1) is 12.0. The average Bonchev–Trinajstić information content (AvgIpc) is 3.15. The highest BCUT2D eigenvalue weighted by atomic mass is 16.6. The van der Waals surface area contributed by atoms with Gasteiger partial charge in [-0.3, -0.25) is 4.79 Å². The summed E-state index contributed by atoms with van der Waals surface area (Å²) >= 11 is 0. The predicted octanol–water partition coefficient (Wildman–Crippen LogP) is 3.59.